The van der Waals surface area contributed by atoms with E-state index in [2.05, 4.69) is 20.6 Å². The molecule has 1 aromatic carbocycles. The number of halogens is 5. The van der Waals surface area contributed by atoms with Gasteiger partial charge in [-0.05, 0) is 44.1 Å². The van der Waals surface area contributed by atoms with Gasteiger partial charge in [0, 0.05) is 12.1 Å². The molecule has 186 valence electrons. The Labute approximate surface area is 199 Å². The lowest BCUT2D eigenvalue weighted by atomic mass is 9.97. The molecule has 1 aliphatic heterocycles. The van der Waals surface area contributed by atoms with Crippen LogP contribution in [0.5, 0.6) is 5.75 Å². The summed E-state index contributed by atoms with van der Waals surface area (Å²) in [6, 6.07) is 2.69. The number of benzene rings is 1. The summed E-state index contributed by atoms with van der Waals surface area (Å²) in [7, 11) is 0. The van der Waals surface area contributed by atoms with Crippen LogP contribution in [0.15, 0.2) is 24.4 Å². The zero-order chi connectivity index (χ0) is 25.2. The second-order valence-electron chi connectivity index (χ2n) is 7.84. The fraction of sp³-hybridized carbons (Fsp3) is 0.364. The van der Waals surface area contributed by atoms with E-state index in [1.54, 1.807) is 0 Å². The molecule has 0 bridgehead atoms. The van der Waals surface area contributed by atoms with Crippen LogP contribution in [0.3, 0.4) is 0 Å². The number of piperidine rings is 1. The molecule has 2 aromatic heterocycles. The SMILES string of the molecule is O=C(CNC(=O)C1CCNCC1)c1c(F)ccc(OCc2nc3cc(C(F)(F)F)cnc3s2)c1F. The van der Waals surface area contributed by atoms with Crippen molar-refractivity contribution in [1.29, 1.82) is 0 Å². The first-order valence-electron chi connectivity index (χ1n) is 10.6. The van der Waals surface area contributed by atoms with E-state index < -0.39 is 47.0 Å². The number of carbonyl (C=O) groups is 2. The Bertz CT molecular complexity index is 1260. The molecule has 13 heteroatoms. The second-order valence-corrected chi connectivity index (χ2v) is 8.90. The maximum atomic E-state index is 14.9. The van der Waals surface area contributed by atoms with Crippen molar-refractivity contribution in [3.05, 3.63) is 52.2 Å². The van der Waals surface area contributed by atoms with Crippen LogP contribution in [0.4, 0.5) is 22.0 Å². The highest BCUT2D eigenvalue weighted by Crippen LogP contribution is 2.32. The van der Waals surface area contributed by atoms with Gasteiger partial charge in [0.1, 0.15) is 27.8 Å². The first kappa shape index (κ1) is 24.9. The van der Waals surface area contributed by atoms with Gasteiger partial charge < -0.3 is 15.4 Å². The molecule has 0 saturated carbocycles. The van der Waals surface area contributed by atoms with Crippen LogP contribution in [-0.2, 0) is 17.6 Å². The lowest BCUT2D eigenvalue weighted by Gasteiger charge is -2.21. The van der Waals surface area contributed by atoms with Crippen molar-refractivity contribution >= 4 is 33.4 Å². The summed E-state index contributed by atoms with van der Waals surface area (Å²) in [6.45, 7) is 0.419. The monoisotopic (exact) mass is 514 g/mol. The van der Waals surface area contributed by atoms with Crippen LogP contribution in [0, 0.1) is 17.6 Å². The molecule has 2 N–H and O–H groups in total. The van der Waals surface area contributed by atoms with Crippen LogP contribution in [0.1, 0.15) is 33.8 Å². The number of hydrogen-bond acceptors (Lipinski definition) is 7. The number of nitrogens with one attached hydrogen (secondary N) is 2. The Morgan fingerprint density at radius 1 is 1.20 bits per heavy atom. The molecule has 1 aliphatic rings. The molecule has 0 aliphatic carbocycles. The van der Waals surface area contributed by atoms with E-state index in [1.165, 1.54) is 0 Å². The summed E-state index contributed by atoms with van der Waals surface area (Å²) in [5, 5.41) is 5.74. The van der Waals surface area contributed by atoms with Crippen molar-refractivity contribution in [2.75, 3.05) is 19.6 Å². The Kier molecular flexibility index (Phi) is 7.26. The van der Waals surface area contributed by atoms with Crippen molar-refractivity contribution < 1.29 is 36.3 Å². The number of Topliss-reactive ketones (excluding diaryl/α,β-unsaturated/α-hetero) is 1. The fourth-order valence-electron chi connectivity index (χ4n) is 3.61. The third-order valence-electron chi connectivity index (χ3n) is 5.44. The predicted octanol–water partition coefficient (Wildman–Crippen LogP) is 3.87. The van der Waals surface area contributed by atoms with Crippen molar-refractivity contribution in [1.82, 2.24) is 20.6 Å². The largest absolute Gasteiger partial charge is 0.483 e. The van der Waals surface area contributed by atoms with Gasteiger partial charge in [-0.25, -0.2) is 18.7 Å². The Morgan fingerprint density at radius 2 is 1.94 bits per heavy atom. The zero-order valence-electron chi connectivity index (χ0n) is 18.0. The van der Waals surface area contributed by atoms with Gasteiger partial charge in [-0.15, -0.1) is 0 Å². The number of carbonyl (C=O) groups excluding carboxylic acids is 2. The van der Waals surface area contributed by atoms with E-state index >= 15 is 0 Å². The van der Waals surface area contributed by atoms with Gasteiger partial charge in [-0.2, -0.15) is 13.2 Å². The number of thiazole rings is 1. The van der Waals surface area contributed by atoms with Gasteiger partial charge in [0.15, 0.2) is 17.3 Å². The smallest absolute Gasteiger partial charge is 0.417 e. The standard InChI is InChI=1S/C22H19F5N4O3S/c23-13-1-2-16(19(24)18(13)15(32)9-29-20(33)11-3-5-28-6-4-11)34-10-17-31-14-7-12(22(25,26)27)8-30-21(14)35-17/h1-2,7-8,11,28H,3-6,9-10H2,(H,29,33). The summed E-state index contributed by atoms with van der Waals surface area (Å²) in [4.78, 5) is 32.6. The average Bonchev–Trinajstić information content (AvgIpc) is 3.24. The highest BCUT2D eigenvalue weighted by Gasteiger charge is 2.31. The van der Waals surface area contributed by atoms with E-state index in [4.69, 9.17) is 4.74 Å². The van der Waals surface area contributed by atoms with Gasteiger partial charge in [0.25, 0.3) is 0 Å². The lowest BCUT2D eigenvalue weighted by molar-refractivity contribution is -0.137. The third kappa shape index (κ3) is 5.73. The predicted molar refractivity (Wildman–Crippen MR) is 116 cm³/mol. The van der Waals surface area contributed by atoms with E-state index in [9.17, 15) is 31.5 Å². The zero-order valence-corrected chi connectivity index (χ0v) is 18.9. The van der Waals surface area contributed by atoms with Gasteiger partial charge in [0.05, 0.1) is 17.7 Å². The third-order valence-corrected chi connectivity index (χ3v) is 6.39. The number of pyridine rings is 1. The molecule has 1 saturated heterocycles. The van der Waals surface area contributed by atoms with Crippen molar-refractivity contribution in [3.63, 3.8) is 0 Å². The molecule has 1 amide bonds. The van der Waals surface area contributed by atoms with Crippen LogP contribution < -0.4 is 15.4 Å². The number of fused-ring (bicyclic) bond motifs is 1. The van der Waals surface area contributed by atoms with Crippen LogP contribution in [0.2, 0.25) is 0 Å². The van der Waals surface area contributed by atoms with E-state index in [0.29, 0.717) is 32.1 Å². The van der Waals surface area contributed by atoms with E-state index in [-0.39, 0.29) is 33.8 Å². The van der Waals surface area contributed by atoms with Gasteiger partial charge >= 0.3 is 6.18 Å². The molecule has 3 heterocycles. The Balaban J connectivity index is 1.43. The molecule has 35 heavy (non-hydrogen) atoms. The molecule has 0 unspecified atom stereocenters. The van der Waals surface area contributed by atoms with Gasteiger partial charge in [-0.1, -0.05) is 11.3 Å². The van der Waals surface area contributed by atoms with Gasteiger partial charge in [-0.3, -0.25) is 9.59 Å². The van der Waals surface area contributed by atoms with Crippen LogP contribution >= 0.6 is 11.3 Å². The average molecular weight is 514 g/mol. The van der Waals surface area contributed by atoms with Gasteiger partial charge in [0.2, 0.25) is 5.91 Å². The number of aromatic nitrogens is 2. The Hall–Kier alpha value is -3.19. The molecular weight excluding hydrogens is 495 g/mol. The summed E-state index contributed by atoms with van der Waals surface area (Å²) in [5.41, 5.74) is -1.81. The quantitative estimate of drug-likeness (QED) is 0.368. The minimum absolute atomic E-state index is 0.00311. The molecule has 4 rings (SSSR count). The molecule has 0 radical (unpaired) electrons. The van der Waals surface area contributed by atoms with Crippen molar-refractivity contribution in [2.24, 2.45) is 5.92 Å². The summed E-state index contributed by atoms with van der Waals surface area (Å²) < 4.78 is 73.0. The van der Waals surface area contributed by atoms with E-state index in [1.807, 2.05) is 0 Å². The van der Waals surface area contributed by atoms with Crippen molar-refractivity contribution in [2.45, 2.75) is 25.6 Å². The molecule has 3 aromatic rings. The normalized spacial score (nSPS) is 14.8. The molecule has 1 fully saturated rings. The minimum atomic E-state index is -4.57. The molecule has 0 spiro atoms. The summed E-state index contributed by atoms with van der Waals surface area (Å²) >= 11 is 0.950. The number of rotatable bonds is 7. The number of ketones is 1. The van der Waals surface area contributed by atoms with Crippen LogP contribution in [0.25, 0.3) is 10.3 Å². The van der Waals surface area contributed by atoms with E-state index in [0.717, 1.165) is 29.5 Å². The molecule has 7 nitrogen and oxygen atoms in total. The maximum absolute atomic E-state index is 14.9. The maximum Gasteiger partial charge on any atom is 0.417 e. The lowest BCUT2D eigenvalue weighted by Crippen LogP contribution is -2.40. The summed E-state index contributed by atoms with van der Waals surface area (Å²) in [6.07, 6.45) is -2.68. The number of alkyl halides is 3. The summed E-state index contributed by atoms with van der Waals surface area (Å²) in [5.74, 6) is -4.39. The second kappa shape index (κ2) is 10.2. The highest BCUT2D eigenvalue weighted by molar-refractivity contribution is 7.18. The Morgan fingerprint density at radius 3 is 2.66 bits per heavy atom. The number of ether oxygens (including phenoxy) is 1. The molecular formula is C22H19F5N4O3S. The number of nitrogens with zero attached hydrogens (tertiary/aromatic N) is 2. The topological polar surface area (TPSA) is 93.2 Å². The van der Waals surface area contributed by atoms with Crippen LogP contribution in [-0.4, -0.2) is 41.3 Å². The molecule has 0 atom stereocenters. The van der Waals surface area contributed by atoms with Crippen molar-refractivity contribution in [3.8, 4) is 5.75 Å². The minimum Gasteiger partial charge on any atom is -0.483 e. The number of amides is 1. The first-order valence-corrected chi connectivity index (χ1v) is 11.4. The number of hydrogen-bond donors (Lipinski definition) is 2. The first-order chi connectivity index (χ1) is 16.6. The highest BCUT2D eigenvalue weighted by atomic mass is 32.1. The fourth-order valence-corrected chi connectivity index (χ4v) is 4.41.